The number of rotatable bonds is 3. The quantitative estimate of drug-likeness (QED) is 0.806. The summed E-state index contributed by atoms with van der Waals surface area (Å²) in [6.45, 7) is 3.62. The van der Waals surface area contributed by atoms with E-state index in [0.717, 1.165) is 5.56 Å². The molecule has 0 bridgehead atoms. The molecule has 2 aromatic rings. The van der Waals surface area contributed by atoms with Crippen LogP contribution in [0.15, 0.2) is 42.5 Å². The largest absolute Gasteiger partial charge is 0.481 e. The van der Waals surface area contributed by atoms with Gasteiger partial charge in [-0.2, -0.15) is 0 Å². The lowest BCUT2D eigenvalue weighted by molar-refractivity contribution is -0.138. The van der Waals surface area contributed by atoms with Crippen molar-refractivity contribution >= 4 is 17.5 Å². The van der Waals surface area contributed by atoms with Crippen molar-refractivity contribution in [1.82, 2.24) is 0 Å². The molecule has 116 valence electrons. The maximum Gasteiger partial charge on any atom is 0.304 e. The van der Waals surface area contributed by atoms with Crippen molar-refractivity contribution in [2.24, 2.45) is 0 Å². The van der Waals surface area contributed by atoms with E-state index in [1.54, 1.807) is 42.5 Å². The fourth-order valence-electron chi connectivity index (χ4n) is 3.00. The van der Waals surface area contributed by atoms with Crippen LogP contribution in [0.3, 0.4) is 0 Å². The van der Waals surface area contributed by atoms with Gasteiger partial charge in [-0.1, -0.05) is 44.2 Å². The Bertz CT molecular complexity index is 846. The van der Waals surface area contributed by atoms with Crippen molar-refractivity contribution in [2.45, 2.75) is 25.7 Å². The van der Waals surface area contributed by atoms with Crippen molar-refractivity contribution in [3.8, 4) is 0 Å². The van der Waals surface area contributed by atoms with Crippen molar-refractivity contribution < 1.29 is 19.5 Å². The Kier molecular flexibility index (Phi) is 3.40. The molecule has 23 heavy (non-hydrogen) atoms. The first kappa shape index (κ1) is 15.2. The van der Waals surface area contributed by atoms with Gasteiger partial charge in [-0.25, -0.2) is 0 Å². The van der Waals surface area contributed by atoms with E-state index in [2.05, 4.69) is 0 Å². The van der Waals surface area contributed by atoms with E-state index in [1.165, 1.54) is 0 Å². The Hall–Kier alpha value is -2.75. The number of carbonyl (C=O) groups excluding carboxylic acids is 2. The van der Waals surface area contributed by atoms with E-state index in [1.807, 2.05) is 13.8 Å². The van der Waals surface area contributed by atoms with Crippen LogP contribution in [-0.4, -0.2) is 22.6 Å². The first-order valence-electron chi connectivity index (χ1n) is 7.36. The second kappa shape index (κ2) is 5.16. The van der Waals surface area contributed by atoms with Crippen LogP contribution >= 0.6 is 0 Å². The summed E-state index contributed by atoms with van der Waals surface area (Å²) in [7, 11) is 0. The maximum atomic E-state index is 12.7. The van der Waals surface area contributed by atoms with E-state index in [-0.39, 0.29) is 18.0 Å². The van der Waals surface area contributed by atoms with E-state index in [9.17, 15) is 14.4 Å². The number of benzene rings is 2. The summed E-state index contributed by atoms with van der Waals surface area (Å²) in [6, 6.07) is 11.8. The van der Waals surface area contributed by atoms with E-state index in [4.69, 9.17) is 5.11 Å². The first-order valence-corrected chi connectivity index (χ1v) is 7.36. The van der Waals surface area contributed by atoms with Gasteiger partial charge < -0.3 is 5.11 Å². The summed E-state index contributed by atoms with van der Waals surface area (Å²) >= 11 is 0. The van der Waals surface area contributed by atoms with Crippen molar-refractivity contribution in [2.75, 3.05) is 0 Å². The molecule has 4 nitrogen and oxygen atoms in total. The summed E-state index contributed by atoms with van der Waals surface area (Å²) in [6.07, 6.45) is -0.0511. The van der Waals surface area contributed by atoms with Crippen LogP contribution < -0.4 is 0 Å². The average Bonchev–Trinajstić information content (AvgIpc) is 2.51. The summed E-state index contributed by atoms with van der Waals surface area (Å²) in [5, 5.41) is 9.05. The standard InChI is InChI=1S/C19H16O4/c1-19(2,10-16(20)21)11-7-8-14-15(9-11)18(23)13-6-4-3-5-12(13)17(14)22/h3-9H,10H2,1-2H3,(H,20,21). The highest BCUT2D eigenvalue weighted by molar-refractivity contribution is 6.28. The normalized spacial score (nSPS) is 13.5. The molecular formula is C19H16O4. The Morgan fingerprint density at radius 3 is 2.00 bits per heavy atom. The molecule has 3 rings (SSSR count). The van der Waals surface area contributed by atoms with Gasteiger partial charge in [0.15, 0.2) is 11.6 Å². The van der Waals surface area contributed by atoms with E-state index < -0.39 is 11.4 Å². The zero-order valence-corrected chi connectivity index (χ0v) is 12.9. The molecule has 4 heteroatoms. The number of carboxylic acid groups (broad SMARTS) is 1. The van der Waals surface area contributed by atoms with Crippen molar-refractivity contribution in [3.63, 3.8) is 0 Å². The highest BCUT2D eigenvalue weighted by Crippen LogP contribution is 2.33. The van der Waals surface area contributed by atoms with Gasteiger partial charge in [-0.05, 0) is 17.7 Å². The number of fused-ring (bicyclic) bond motifs is 2. The third-order valence-electron chi connectivity index (χ3n) is 4.30. The monoisotopic (exact) mass is 308 g/mol. The molecule has 0 aliphatic heterocycles. The molecule has 2 aromatic carbocycles. The third-order valence-corrected chi connectivity index (χ3v) is 4.30. The smallest absolute Gasteiger partial charge is 0.304 e. The molecule has 1 aliphatic rings. The lowest BCUT2D eigenvalue weighted by Crippen LogP contribution is -2.25. The van der Waals surface area contributed by atoms with E-state index >= 15 is 0 Å². The average molecular weight is 308 g/mol. The highest BCUT2D eigenvalue weighted by atomic mass is 16.4. The van der Waals surface area contributed by atoms with Crippen LogP contribution in [0.4, 0.5) is 0 Å². The Morgan fingerprint density at radius 2 is 1.43 bits per heavy atom. The number of ketones is 2. The fourth-order valence-corrected chi connectivity index (χ4v) is 3.00. The molecule has 0 heterocycles. The fraction of sp³-hybridized carbons (Fsp3) is 0.211. The molecule has 0 atom stereocenters. The highest BCUT2D eigenvalue weighted by Gasteiger charge is 2.32. The number of aliphatic carboxylic acids is 1. The van der Waals surface area contributed by atoms with E-state index in [0.29, 0.717) is 22.3 Å². The third kappa shape index (κ3) is 2.46. The Labute approximate surface area is 133 Å². The van der Waals surface area contributed by atoms with Crippen LogP contribution in [0, 0.1) is 0 Å². The summed E-state index contributed by atoms with van der Waals surface area (Å²) in [5.74, 6) is -1.26. The minimum atomic E-state index is -0.902. The number of hydrogen-bond donors (Lipinski definition) is 1. The number of carboxylic acids is 1. The van der Waals surface area contributed by atoms with Gasteiger partial charge in [-0.15, -0.1) is 0 Å². The molecule has 0 unspecified atom stereocenters. The number of hydrogen-bond acceptors (Lipinski definition) is 3. The molecule has 0 radical (unpaired) electrons. The van der Waals surface area contributed by atoms with Crippen LogP contribution in [0.2, 0.25) is 0 Å². The van der Waals surface area contributed by atoms with Gasteiger partial charge >= 0.3 is 5.97 Å². The topological polar surface area (TPSA) is 71.4 Å². The van der Waals surface area contributed by atoms with Crippen molar-refractivity contribution in [1.29, 1.82) is 0 Å². The molecule has 1 aliphatic carbocycles. The molecular weight excluding hydrogens is 292 g/mol. The second-order valence-corrected chi connectivity index (χ2v) is 6.42. The van der Waals surface area contributed by atoms with Gasteiger partial charge in [0, 0.05) is 27.7 Å². The maximum absolute atomic E-state index is 12.7. The van der Waals surface area contributed by atoms with Crippen molar-refractivity contribution in [3.05, 3.63) is 70.3 Å². The molecule has 0 saturated heterocycles. The van der Waals surface area contributed by atoms with Gasteiger partial charge in [-0.3, -0.25) is 14.4 Å². The lowest BCUT2D eigenvalue weighted by Gasteiger charge is -2.25. The van der Waals surface area contributed by atoms with Crippen LogP contribution in [0.1, 0.15) is 57.7 Å². The molecule has 1 N–H and O–H groups in total. The molecule has 0 aromatic heterocycles. The van der Waals surface area contributed by atoms with Gasteiger partial charge in [0.1, 0.15) is 0 Å². The predicted octanol–water partition coefficient (Wildman–Crippen LogP) is 3.21. The zero-order chi connectivity index (χ0) is 16.8. The first-order chi connectivity index (χ1) is 10.8. The van der Waals surface area contributed by atoms with Gasteiger partial charge in [0.25, 0.3) is 0 Å². The SMILES string of the molecule is CC(C)(CC(=O)O)c1ccc2c(c1)C(=O)c1ccccc1C2=O. The van der Waals surface area contributed by atoms with Gasteiger partial charge in [0.05, 0.1) is 6.42 Å². The molecule has 0 amide bonds. The molecule has 0 spiro atoms. The Balaban J connectivity index is 2.12. The van der Waals surface area contributed by atoms with Crippen LogP contribution in [0.5, 0.6) is 0 Å². The summed E-state index contributed by atoms with van der Waals surface area (Å²) in [4.78, 5) is 36.3. The Morgan fingerprint density at radius 1 is 0.913 bits per heavy atom. The van der Waals surface area contributed by atoms with Crippen LogP contribution in [-0.2, 0) is 10.2 Å². The molecule has 0 fully saturated rings. The minimum absolute atomic E-state index is 0.0511. The van der Waals surface area contributed by atoms with Crippen LogP contribution in [0.25, 0.3) is 0 Å². The molecule has 0 saturated carbocycles. The second-order valence-electron chi connectivity index (χ2n) is 6.42. The minimum Gasteiger partial charge on any atom is -0.481 e. The lowest BCUT2D eigenvalue weighted by atomic mass is 9.77. The van der Waals surface area contributed by atoms with Gasteiger partial charge in [0.2, 0.25) is 0 Å². The zero-order valence-electron chi connectivity index (χ0n) is 12.9. The number of carbonyl (C=O) groups is 3. The summed E-state index contributed by atoms with van der Waals surface area (Å²) in [5.41, 5.74) is 1.66. The predicted molar refractivity (Wildman–Crippen MR) is 85.0 cm³/mol. The summed E-state index contributed by atoms with van der Waals surface area (Å²) < 4.78 is 0.